The Balaban J connectivity index is 2.23. The standard InChI is InChI=1S/C16H33B2NO4/c1-12(2)11-19(17-20-13(3,4)14(5,6)21-17)18-22-15(7,8)16(9,10)23-18/h12H,11H2,1-10H3. The average molecular weight is 325 g/mol. The number of hydrogen-bond acceptors (Lipinski definition) is 5. The minimum Gasteiger partial charge on any atom is -0.390 e. The highest BCUT2D eigenvalue weighted by molar-refractivity contribution is 6.60. The first kappa shape index (κ1) is 19.3. The Morgan fingerprint density at radius 1 is 0.652 bits per heavy atom. The van der Waals surface area contributed by atoms with Crippen molar-refractivity contribution in [3.63, 3.8) is 0 Å². The summed E-state index contributed by atoms with van der Waals surface area (Å²) < 4.78 is 26.9. The first-order valence-electron chi connectivity index (χ1n) is 8.65. The second-order valence-electron chi connectivity index (χ2n) is 9.22. The van der Waals surface area contributed by atoms with Crippen LogP contribution in [-0.2, 0) is 18.6 Å². The van der Waals surface area contributed by atoms with E-state index in [1.165, 1.54) is 0 Å². The lowest BCUT2D eigenvalue weighted by Crippen LogP contribution is -2.54. The van der Waals surface area contributed by atoms with Gasteiger partial charge in [0, 0.05) is 0 Å². The monoisotopic (exact) mass is 325 g/mol. The molecule has 2 fully saturated rings. The SMILES string of the molecule is CC(C)CN(B1OC(C)(C)C(C)(C)O1)B1OC(C)(C)C(C)(C)O1. The maximum atomic E-state index is 6.22. The second-order valence-corrected chi connectivity index (χ2v) is 9.22. The predicted molar refractivity (Wildman–Crippen MR) is 93.7 cm³/mol. The molecule has 0 unspecified atom stereocenters. The first-order chi connectivity index (χ1) is 10.2. The fraction of sp³-hybridized carbons (Fsp3) is 1.00. The van der Waals surface area contributed by atoms with Crippen LogP contribution >= 0.6 is 0 Å². The molecule has 2 heterocycles. The van der Waals surface area contributed by atoms with Gasteiger partial charge in [-0.15, -0.1) is 0 Å². The minimum absolute atomic E-state index is 0.378. The van der Waals surface area contributed by atoms with Crippen LogP contribution in [-0.4, -0.2) is 48.2 Å². The van der Waals surface area contributed by atoms with E-state index in [9.17, 15) is 0 Å². The zero-order valence-corrected chi connectivity index (χ0v) is 16.5. The van der Waals surface area contributed by atoms with Gasteiger partial charge in [0.05, 0.1) is 22.4 Å². The van der Waals surface area contributed by atoms with Crippen LogP contribution in [0.2, 0.25) is 0 Å². The van der Waals surface area contributed by atoms with Gasteiger partial charge in [0.2, 0.25) is 0 Å². The van der Waals surface area contributed by atoms with Gasteiger partial charge in [-0.2, -0.15) is 0 Å². The van der Waals surface area contributed by atoms with Crippen LogP contribution in [0.15, 0.2) is 0 Å². The number of hydrogen-bond donors (Lipinski definition) is 0. The Kier molecular flexibility index (Phi) is 4.80. The molecule has 0 radical (unpaired) electrons. The van der Waals surface area contributed by atoms with E-state index < -0.39 is 14.5 Å². The molecule has 0 N–H and O–H groups in total. The van der Waals surface area contributed by atoms with Gasteiger partial charge in [-0.1, -0.05) is 13.8 Å². The van der Waals surface area contributed by atoms with E-state index in [4.69, 9.17) is 18.6 Å². The van der Waals surface area contributed by atoms with Crippen molar-refractivity contribution in [1.29, 1.82) is 0 Å². The summed E-state index contributed by atoms with van der Waals surface area (Å²) in [5.74, 6) is 0.438. The molecule has 2 aliphatic heterocycles. The molecule has 0 aromatic heterocycles. The first-order valence-corrected chi connectivity index (χ1v) is 8.65. The van der Waals surface area contributed by atoms with E-state index >= 15 is 0 Å². The highest BCUT2D eigenvalue weighted by Gasteiger charge is 2.61. The molecule has 0 aromatic carbocycles. The van der Waals surface area contributed by atoms with E-state index in [-0.39, 0.29) is 22.4 Å². The molecule has 0 amide bonds. The molecule has 2 saturated heterocycles. The van der Waals surface area contributed by atoms with Gasteiger partial charge in [-0.05, 0) is 67.9 Å². The molecule has 132 valence electrons. The Hall–Kier alpha value is -0.0701. The highest BCUT2D eigenvalue weighted by atomic mass is 16.7. The molecule has 23 heavy (non-hydrogen) atoms. The third-order valence-electron chi connectivity index (χ3n) is 5.60. The van der Waals surface area contributed by atoms with Crippen molar-refractivity contribution in [3.05, 3.63) is 0 Å². The van der Waals surface area contributed by atoms with Crippen molar-refractivity contribution < 1.29 is 18.6 Å². The number of nitrogens with zero attached hydrogens (tertiary/aromatic N) is 1. The molecule has 0 aliphatic carbocycles. The van der Waals surface area contributed by atoms with Gasteiger partial charge in [0.1, 0.15) is 0 Å². The topological polar surface area (TPSA) is 40.2 Å². The average Bonchev–Trinajstić information content (AvgIpc) is 2.65. The normalized spacial score (nSPS) is 28.2. The van der Waals surface area contributed by atoms with Crippen LogP contribution in [0.4, 0.5) is 0 Å². The quantitative estimate of drug-likeness (QED) is 0.743. The summed E-state index contributed by atoms with van der Waals surface area (Å²) in [6.45, 7) is 21.6. The maximum Gasteiger partial charge on any atom is 0.551 e. The largest absolute Gasteiger partial charge is 0.551 e. The lowest BCUT2D eigenvalue weighted by molar-refractivity contribution is 0.00578. The molecule has 2 aliphatic rings. The number of rotatable bonds is 4. The summed E-state index contributed by atoms with van der Waals surface area (Å²) in [6, 6.07) is 0. The molecule has 2 rings (SSSR count). The van der Waals surface area contributed by atoms with Crippen molar-refractivity contribution in [1.82, 2.24) is 4.72 Å². The molecule has 0 atom stereocenters. The minimum atomic E-state index is -0.475. The van der Waals surface area contributed by atoms with Crippen molar-refractivity contribution >= 4 is 14.5 Å². The third-order valence-corrected chi connectivity index (χ3v) is 5.60. The lowest BCUT2D eigenvalue weighted by Gasteiger charge is -2.32. The second kappa shape index (κ2) is 5.73. The molecule has 7 heteroatoms. The van der Waals surface area contributed by atoms with E-state index in [0.717, 1.165) is 6.54 Å². The Morgan fingerprint density at radius 2 is 0.913 bits per heavy atom. The van der Waals surface area contributed by atoms with Gasteiger partial charge in [-0.25, -0.2) is 0 Å². The zero-order valence-electron chi connectivity index (χ0n) is 16.5. The van der Waals surface area contributed by atoms with Crippen LogP contribution in [0.25, 0.3) is 0 Å². The molecule has 0 spiro atoms. The summed E-state index contributed by atoms with van der Waals surface area (Å²) >= 11 is 0. The fourth-order valence-electron chi connectivity index (χ4n) is 2.59. The molecule has 0 bridgehead atoms. The summed E-state index contributed by atoms with van der Waals surface area (Å²) in [5.41, 5.74) is -1.51. The van der Waals surface area contributed by atoms with Gasteiger partial charge in [0.25, 0.3) is 0 Å². The van der Waals surface area contributed by atoms with Crippen molar-refractivity contribution in [3.8, 4) is 0 Å². The van der Waals surface area contributed by atoms with E-state index in [1.54, 1.807) is 0 Å². The van der Waals surface area contributed by atoms with E-state index in [2.05, 4.69) is 74.0 Å². The summed E-state index contributed by atoms with van der Waals surface area (Å²) in [4.78, 5) is 0. The smallest absolute Gasteiger partial charge is 0.390 e. The van der Waals surface area contributed by atoms with E-state index in [0.29, 0.717) is 5.92 Å². The molecule has 5 nitrogen and oxygen atoms in total. The Labute approximate surface area is 142 Å². The van der Waals surface area contributed by atoms with Crippen LogP contribution < -0.4 is 0 Å². The zero-order chi connectivity index (χ0) is 17.8. The van der Waals surface area contributed by atoms with E-state index in [1.807, 2.05) is 0 Å². The van der Waals surface area contributed by atoms with Crippen molar-refractivity contribution in [2.24, 2.45) is 5.92 Å². The highest BCUT2D eigenvalue weighted by Crippen LogP contribution is 2.41. The van der Waals surface area contributed by atoms with Gasteiger partial charge in [0.15, 0.2) is 0 Å². The summed E-state index contributed by atoms with van der Waals surface area (Å²) in [5, 5.41) is 0. The Morgan fingerprint density at radius 3 is 1.13 bits per heavy atom. The summed E-state index contributed by atoms with van der Waals surface area (Å²) in [6.07, 6.45) is 0. The fourth-order valence-corrected chi connectivity index (χ4v) is 2.59. The lowest BCUT2D eigenvalue weighted by atomic mass is 9.87. The van der Waals surface area contributed by atoms with Crippen LogP contribution in [0, 0.1) is 5.92 Å². The van der Waals surface area contributed by atoms with Gasteiger partial charge < -0.3 is 18.6 Å². The molecule has 0 aromatic rings. The summed E-state index contributed by atoms with van der Waals surface area (Å²) in [7, 11) is -0.950. The molecule has 0 saturated carbocycles. The predicted octanol–water partition coefficient (Wildman–Crippen LogP) is 3.12. The Bertz CT molecular complexity index is 383. The van der Waals surface area contributed by atoms with Crippen molar-refractivity contribution in [2.45, 2.75) is 91.6 Å². The maximum absolute atomic E-state index is 6.22. The van der Waals surface area contributed by atoms with Crippen molar-refractivity contribution in [2.75, 3.05) is 6.54 Å². The molecular weight excluding hydrogens is 292 g/mol. The molecular formula is C16H33B2NO4. The van der Waals surface area contributed by atoms with Crippen LogP contribution in [0.5, 0.6) is 0 Å². The van der Waals surface area contributed by atoms with Crippen LogP contribution in [0.1, 0.15) is 69.2 Å². The van der Waals surface area contributed by atoms with Crippen LogP contribution in [0.3, 0.4) is 0 Å². The van der Waals surface area contributed by atoms with Gasteiger partial charge in [-0.3, -0.25) is 4.72 Å². The van der Waals surface area contributed by atoms with Gasteiger partial charge >= 0.3 is 14.5 Å². The third kappa shape index (κ3) is 3.49.